The summed E-state index contributed by atoms with van der Waals surface area (Å²) in [5.74, 6) is 0. The van der Waals surface area contributed by atoms with Gasteiger partial charge in [-0.15, -0.1) is 12.4 Å². The van der Waals surface area contributed by atoms with Gasteiger partial charge >= 0.3 is 0 Å². The first-order valence-corrected chi connectivity index (χ1v) is 4.62. The highest BCUT2D eigenvalue weighted by molar-refractivity contribution is 5.85. The first-order chi connectivity index (χ1) is 6.29. The molecule has 0 N–H and O–H groups in total. The van der Waals surface area contributed by atoms with Crippen LogP contribution in [0, 0.1) is 0 Å². The lowest BCUT2D eigenvalue weighted by Gasteiger charge is -2.03. The van der Waals surface area contributed by atoms with Gasteiger partial charge in [-0.3, -0.25) is 0 Å². The third kappa shape index (κ3) is 5.79. The number of rotatable bonds is 4. The number of benzene rings is 1. The van der Waals surface area contributed by atoms with Gasteiger partial charge in [0.1, 0.15) is 0 Å². The molecule has 0 spiro atoms. The van der Waals surface area contributed by atoms with E-state index in [1.165, 1.54) is 5.56 Å². The van der Waals surface area contributed by atoms with Crippen molar-refractivity contribution in [2.75, 3.05) is 20.6 Å². The van der Waals surface area contributed by atoms with E-state index in [9.17, 15) is 0 Å². The minimum absolute atomic E-state index is 0. The Labute approximate surface area is 92.8 Å². The number of allylic oxidation sites excluding steroid dienone is 1. The molecule has 0 saturated carbocycles. The molecule has 1 aromatic rings. The molecule has 78 valence electrons. The molecular formula is C12H18ClN. The van der Waals surface area contributed by atoms with Crippen LogP contribution in [-0.4, -0.2) is 25.5 Å². The highest BCUT2D eigenvalue weighted by atomic mass is 35.5. The Bertz CT molecular complexity index is 254. The molecule has 0 saturated heterocycles. The summed E-state index contributed by atoms with van der Waals surface area (Å²) in [4.78, 5) is 2.15. The average molecular weight is 212 g/mol. The molecule has 0 aliphatic rings. The van der Waals surface area contributed by atoms with E-state index < -0.39 is 0 Å². The summed E-state index contributed by atoms with van der Waals surface area (Å²) in [6.45, 7) is 1.02. The lowest BCUT2D eigenvalue weighted by molar-refractivity contribution is 0.456. The lowest BCUT2D eigenvalue weighted by Crippen LogP contribution is -2.10. The summed E-state index contributed by atoms with van der Waals surface area (Å²) in [5.41, 5.74) is 1.37. The third-order valence-corrected chi connectivity index (χ3v) is 1.83. The number of hydrogen-bond acceptors (Lipinski definition) is 1. The molecule has 0 heterocycles. The van der Waals surface area contributed by atoms with Gasteiger partial charge in [0.15, 0.2) is 0 Å². The summed E-state index contributed by atoms with van der Waals surface area (Å²) in [6.07, 6.45) is 5.46. The van der Waals surface area contributed by atoms with Crippen molar-refractivity contribution < 1.29 is 0 Å². The molecule has 0 atom stereocenters. The zero-order valence-corrected chi connectivity index (χ0v) is 9.63. The van der Waals surface area contributed by atoms with E-state index in [1.54, 1.807) is 0 Å². The average Bonchev–Trinajstić information content (AvgIpc) is 2.14. The topological polar surface area (TPSA) is 3.24 Å². The molecule has 14 heavy (non-hydrogen) atoms. The fourth-order valence-electron chi connectivity index (χ4n) is 1.12. The first kappa shape index (κ1) is 13.2. The van der Waals surface area contributed by atoms with Crippen LogP contribution in [0.25, 0.3) is 0 Å². The van der Waals surface area contributed by atoms with E-state index in [2.05, 4.69) is 55.4 Å². The summed E-state index contributed by atoms with van der Waals surface area (Å²) >= 11 is 0. The van der Waals surface area contributed by atoms with Gasteiger partial charge in [0, 0.05) is 6.54 Å². The summed E-state index contributed by atoms with van der Waals surface area (Å²) in [7, 11) is 4.15. The molecule has 0 aromatic heterocycles. The van der Waals surface area contributed by atoms with Gasteiger partial charge in [-0.1, -0.05) is 42.5 Å². The van der Waals surface area contributed by atoms with Gasteiger partial charge in [-0.05, 0) is 26.1 Å². The number of likely N-dealkylation sites (N-methyl/N-ethyl adjacent to an activating group) is 1. The zero-order chi connectivity index (χ0) is 9.52. The fraction of sp³-hybridized carbons (Fsp3) is 0.333. The van der Waals surface area contributed by atoms with Crippen LogP contribution >= 0.6 is 12.4 Å². The van der Waals surface area contributed by atoms with Crippen molar-refractivity contribution in [3.05, 3.63) is 48.0 Å². The molecule has 1 nitrogen and oxygen atoms in total. The normalized spacial score (nSPS) is 10.5. The summed E-state index contributed by atoms with van der Waals surface area (Å²) in [5, 5.41) is 0. The SMILES string of the molecule is CN(C)CC=CCc1ccccc1.Cl. The van der Waals surface area contributed by atoms with E-state index in [-0.39, 0.29) is 12.4 Å². The fourth-order valence-corrected chi connectivity index (χ4v) is 1.12. The van der Waals surface area contributed by atoms with E-state index in [1.807, 2.05) is 6.07 Å². The lowest BCUT2D eigenvalue weighted by atomic mass is 10.1. The zero-order valence-electron chi connectivity index (χ0n) is 8.81. The summed E-state index contributed by atoms with van der Waals surface area (Å²) in [6, 6.07) is 10.5. The Hall–Kier alpha value is -0.790. The second-order valence-corrected chi connectivity index (χ2v) is 3.42. The van der Waals surface area contributed by atoms with Crippen molar-refractivity contribution in [3.8, 4) is 0 Å². The van der Waals surface area contributed by atoms with Crippen LogP contribution in [0.3, 0.4) is 0 Å². The number of halogens is 1. The van der Waals surface area contributed by atoms with Gasteiger partial charge < -0.3 is 4.90 Å². The molecule has 0 bridgehead atoms. The molecule has 0 aliphatic carbocycles. The Kier molecular flexibility index (Phi) is 7.17. The predicted octanol–water partition coefficient (Wildman–Crippen LogP) is 2.77. The largest absolute Gasteiger partial charge is 0.306 e. The quantitative estimate of drug-likeness (QED) is 0.693. The first-order valence-electron chi connectivity index (χ1n) is 4.62. The van der Waals surface area contributed by atoms with Gasteiger partial charge in [-0.25, -0.2) is 0 Å². The van der Waals surface area contributed by atoms with Crippen molar-refractivity contribution >= 4 is 12.4 Å². The van der Waals surface area contributed by atoms with Crippen LogP contribution in [0.5, 0.6) is 0 Å². The van der Waals surface area contributed by atoms with E-state index in [0.717, 1.165) is 13.0 Å². The molecule has 2 heteroatoms. The van der Waals surface area contributed by atoms with Crippen LogP contribution in [0.2, 0.25) is 0 Å². The Morgan fingerprint density at radius 3 is 2.29 bits per heavy atom. The highest BCUT2D eigenvalue weighted by Crippen LogP contribution is 1.99. The number of nitrogens with zero attached hydrogens (tertiary/aromatic N) is 1. The smallest absolute Gasteiger partial charge is 0.0157 e. The van der Waals surface area contributed by atoms with Gasteiger partial charge in [0.2, 0.25) is 0 Å². The van der Waals surface area contributed by atoms with Crippen LogP contribution in [0.15, 0.2) is 42.5 Å². The predicted molar refractivity (Wildman–Crippen MR) is 65.1 cm³/mol. The Balaban J connectivity index is 0.00000169. The maximum absolute atomic E-state index is 2.22. The van der Waals surface area contributed by atoms with Gasteiger partial charge in [0.05, 0.1) is 0 Å². The van der Waals surface area contributed by atoms with Crippen LogP contribution < -0.4 is 0 Å². The van der Waals surface area contributed by atoms with Gasteiger partial charge in [-0.2, -0.15) is 0 Å². The highest BCUT2D eigenvalue weighted by Gasteiger charge is 1.86. The van der Waals surface area contributed by atoms with E-state index >= 15 is 0 Å². The Morgan fingerprint density at radius 1 is 1.07 bits per heavy atom. The van der Waals surface area contributed by atoms with E-state index in [4.69, 9.17) is 0 Å². The maximum atomic E-state index is 2.22. The molecule has 0 aliphatic heterocycles. The molecular weight excluding hydrogens is 194 g/mol. The van der Waals surface area contributed by atoms with Crippen molar-refractivity contribution in [1.82, 2.24) is 4.90 Å². The Morgan fingerprint density at radius 2 is 1.71 bits per heavy atom. The third-order valence-electron chi connectivity index (χ3n) is 1.83. The molecule has 0 radical (unpaired) electrons. The standard InChI is InChI=1S/C12H17N.ClH/c1-13(2)11-7-6-10-12-8-4-3-5-9-12;/h3-9H,10-11H2,1-2H3;1H. The van der Waals surface area contributed by atoms with Crippen LogP contribution in [0.4, 0.5) is 0 Å². The molecule has 0 amide bonds. The molecule has 0 unspecified atom stereocenters. The van der Waals surface area contributed by atoms with E-state index in [0.29, 0.717) is 0 Å². The number of hydrogen-bond donors (Lipinski definition) is 0. The minimum Gasteiger partial charge on any atom is -0.306 e. The van der Waals surface area contributed by atoms with Crippen molar-refractivity contribution in [3.63, 3.8) is 0 Å². The molecule has 0 fully saturated rings. The van der Waals surface area contributed by atoms with Gasteiger partial charge in [0.25, 0.3) is 0 Å². The van der Waals surface area contributed by atoms with Crippen LogP contribution in [-0.2, 0) is 6.42 Å². The second kappa shape index (κ2) is 7.60. The van der Waals surface area contributed by atoms with Crippen molar-refractivity contribution in [2.24, 2.45) is 0 Å². The summed E-state index contributed by atoms with van der Waals surface area (Å²) < 4.78 is 0. The minimum atomic E-state index is 0. The monoisotopic (exact) mass is 211 g/mol. The van der Waals surface area contributed by atoms with Crippen LogP contribution in [0.1, 0.15) is 5.56 Å². The van der Waals surface area contributed by atoms with Crippen molar-refractivity contribution in [2.45, 2.75) is 6.42 Å². The molecule has 1 rings (SSSR count). The second-order valence-electron chi connectivity index (χ2n) is 3.42. The van der Waals surface area contributed by atoms with Crippen molar-refractivity contribution in [1.29, 1.82) is 0 Å². The maximum Gasteiger partial charge on any atom is 0.0157 e. The molecule has 1 aromatic carbocycles.